The summed E-state index contributed by atoms with van der Waals surface area (Å²) in [6, 6.07) is 0. The van der Waals surface area contributed by atoms with E-state index >= 15 is 4.39 Å². The Balaban J connectivity index is 1.46. The van der Waals surface area contributed by atoms with Crippen molar-refractivity contribution in [1.29, 1.82) is 0 Å². The number of aromatic nitrogens is 4. The monoisotopic (exact) mass is 467 g/mol. The zero-order chi connectivity index (χ0) is 22.9. The number of likely N-dealkylation sites (N-methyl/N-ethyl adjacent to an activating group) is 1. The summed E-state index contributed by atoms with van der Waals surface area (Å²) in [7, 11) is 2.02. The molecule has 0 saturated heterocycles. The fourth-order valence-corrected chi connectivity index (χ4v) is 5.34. The molecule has 5 heterocycles. The highest BCUT2D eigenvalue weighted by molar-refractivity contribution is 6.28. The summed E-state index contributed by atoms with van der Waals surface area (Å²) >= 11 is 6.16. The number of nitrogens with zero attached hydrogens (tertiary/aromatic N) is 4. The fraction of sp³-hybridized carbons (Fsp3) is 0.391. The van der Waals surface area contributed by atoms with Gasteiger partial charge in [0, 0.05) is 55.0 Å². The van der Waals surface area contributed by atoms with Crippen LogP contribution in [0.15, 0.2) is 6.20 Å². The highest BCUT2D eigenvalue weighted by Crippen LogP contribution is 2.42. The number of fused-ring (bicyclic) bond motifs is 6. The van der Waals surface area contributed by atoms with E-state index in [0.717, 1.165) is 41.0 Å². The van der Waals surface area contributed by atoms with E-state index in [1.807, 2.05) is 7.05 Å². The number of aromatic amines is 1. The van der Waals surface area contributed by atoms with Crippen LogP contribution in [0.3, 0.4) is 0 Å². The van der Waals surface area contributed by atoms with Gasteiger partial charge in [-0.2, -0.15) is 0 Å². The lowest BCUT2D eigenvalue weighted by molar-refractivity contribution is 0.0940. The summed E-state index contributed by atoms with van der Waals surface area (Å²) in [6.07, 6.45) is 3.75. The molecule has 1 unspecified atom stereocenters. The Morgan fingerprint density at radius 1 is 1.18 bits per heavy atom. The smallest absolute Gasteiger partial charge is 0.253 e. The van der Waals surface area contributed by atoms with Crippen molar-refractivity contribution >= 4 is 29.1 Å². The SMILES string of the molecule is CC1CNC(=O)c2c1[nH]c1c2CCc2cnc(Nc3nc(Cl)nc4c3CN(C)CC4)c(F)c2-1. The van der Waals surface area contributed by atoms with Crippen molar-refractivity contribution < 1.29 is 9.18 Å². The maximum absolute atomic E-state index is 16.0. The summed E-state index contributed by atoms with van der Waals surface area (Å²) in [5.74, 6) is 0.131. The third kappa shape index (κ3) is 3.21. The lowest BCUT2D eigenvalue weighted by atomic mass is 9.87. The molecule has 3 N–H and O–H groups in total. The van der Waals surface area contributed by atoms with E-state index in [1.54, 1.807) is 6.20 Å². The van der Waals surface area contributed by atoms with Gasteiger partial charge in [0.15, 0.2) is 11.6 Å². The normalized spacial score (nSPS) is 19.3. The van der Waals surface area contributed by atoms with Gasteiger partial charge in [0.05, 0.1) is 17.0 Å². The summed E-state index contributed by atoms with van der Waals surface area (Å²) in [6.45, 7) is 4.13. The van der Waals surface area contributed by atoms with Crippen LogP contribution in [-0.2, 0) is 25.8 Å². The maximum atomic E-state index is 16.0. The van der Waals surface area contributed by atoms with Gasteiger partial charge >= 0.3 is 0 Å². The summed E-state index contributed by atoms with van der Waals surface area (Å²) in [5.41, 5.74) is 6.15. The Hall–Kier alpha value is -3.04. The number of nitrogens with one attached hydrogen (secondary N) is 3. The van der Waals surface area contributed by atoms with Gasteiger partial charge < -0.3 is 20.5 Å². The number of carbonyl (C=O) groups excluding carboxylic acids is 1. The number of pyridine rings is 1. The number of amides is 1. The van der Waals surface area contributed by atoms with Crippen LogP contribution < -0.4 is 10.6 Å². The first-order valence-electron chi connectivity index (χ1n) is 11.1. The van der Waals surface area contributed by atoms with Crippen LogP contribution in [0.4, 0.5) is 16.0 Å². The van der Waals surface area contributed by atoms with Gasteiger partial charge in [-0.05, 0) is 42.6 Å². The molecule has 0 aromatic carbocycles. The predicted molar refractivity (Wildman–Crippen MR) is 123 cm³/mol. The van der Waals surface area contributed by atoms with Crippen molar-refractivity contribution in [3.05, 3.63) is 50.9 Å². The van der Waals surface area contributed by atoms with E-state index in [0.29, 0.717) is 48.6 Å². The number of halogens is 2. The molecule has 3 aromatic heterocycles. The largest absolute Gasteiger partial charge is 0.357 e. The molecule has 0 bridgehead atoms. The third-order valence-electron chi connectivity index (χ3n) is 6.87. The van der Waals surface area contributed by atoms with Crippen molar-refractivity contribution in [3.63, 3.8) is 0 Å². The number of H-pyrrole nitrogens is 1. The highest BCUT2D eigenvalue weighted by atomic mass is 35.5. The molecule has 0 radical (unpaired) electrons. The first-order valence-corrected chi connectivity index (χ1v) is 11.5. The maximum Gasteiger partial charge on any atom is 0.253 e. The van der Waals surface area contributed by atoms with Crippen LogP contribution in [0.2, 0.25) is 5.28 Å². The molecule has 33 heavy (non-hydrogen) atoms. The molecule has 2 aliphatic heterocycles. The molecule has 10 heteroatoms. The lowest BCUT2D eigenvalue weighted by Gasteiger charge is -2.26. The van der Waals surface area contributed by atoms with Crippen LogP contribution in [0.25, 0.3) is 11.3 Å². The quantitative estimate of drug-likeness (QED) is 0.500. The molecule has 170 valence electrons. The zero-order valence-corrected chi connectivity index (χ0v) is 19.1. The second-order valence-electron chi connectivity index (χ2n) is 9.08. The molecule has 0 spiro atoms. The molecule has 6 rings (SSSR count). The zero-order valence-electron chi connectivity index (χ0n) is 18.4. The first-order chi connectivity index (χ1) is 15.9. The van der Waals surface area contributed by atoms with Crippen LogP contribution in [0.5, 0.6) is 0 Å². The van der Waals surface area contributed by atoms with Gasteiger partial charge in [-0.25, -0.2) is 19.3 Å². The summed E-state index contributed by atoms with van der Waals surface area (Å²) < 4.78 is 16.0. The first kappa shape index (κ1) is 20.6. The predicted octanol–water partition coefficient (Wildman–Crippen LogP) is 3.34. The van der Waals surface area contributed by atoms with Crippen molar-refractivity contribution in [2.24, 2.45) is 0 Å². The molecule has 0 fully saturated rings. The number of carbonyl (C=O) groups is 1. The van der Waals surface area contributed by atoms with Gasteiger partial charge in [0.1, 0.15) is 5.82 Å². The fourth-order valence-electron chi connectivity index (χ4n) is 5.15. The van der Waals surface area contributed by atoms with Gasteiger partial charge in [0.25, 0.3) is 5.91 Å². The van der Waals surface area contributed by atoms with Gasteiger partial charge in [-0.3, -0.25) is 4.79 Å². The van der Waals surface area contributed by atoms with E-state index in [4.69, 9.17) is 11.6 Å². The van der Waals surface area contributed by atoms with Crippen molar-refractivity contribution in [2.75, 3.05) is 25.5 Å². The number of aryl methyl sites for hydroxylation is 1. The Morgan fingerprint density at radius 2 is 2.03 bits per heavy atom. The lowest BCUT2D eigenvalue weighted by Crippen LogP contribution is -2.34. The Kier molecular flexibility index (Phi) is 4.67. The van der Waals surface area contributed by atoms with Gasteiger partial charge in [-0.1, -0.05) is 6.92 Å². The van der Waals surface area contributed by atoms with Gasteiger partial charge in [0.2, 0.25) is 5.28 Å². The second kappa shape index (κ2) is 7.50. The van der Waals surface area contributed by atoms with Crippen molar-refractivity contribution in [1.82, 2.24) is 30.2 Å². The molecule has 1 aliphatic carbocycles. The van der Waals surface area contributed by atoms with E-state index < -0.39 is 5.82 Å². The molecular weight excluding hydrogens is 445 g/mol. The van der Waals surface area contributed by atoms with E-state index in [1.165, 1.54) is 0 Å². The topological polar surface area (TPSA) is 98.8 Å². The molecule has 0 saturated carbocycles. The molecule has 3 aromatic rings. The standard InChI is InChI=1S/C23H23ClFN7O/c1-10-7-27-22(33)16-12-4-3-11-8-26-21(17(25)15(11)19(12)29-18(10)16)30-20-13-9-32(2)6-5-14(13)28-23(24)31-20/h8,10,29H,3-7,9H2,1-2H3,(H,27,33)(H,26,28,30,31). The molecular formula is C23H23ClFN7O. The molecule has 3 aliphatic rings. The summed E-state index contributed by atoms with van der Waals surface area (Å²) in [4.78, 5) is 31.2. The van der Waals surface area contributed by atoms with Crippen LogP contribution in [-0.4, -0.2) is 50.9 Å². The van der Waals surface area contributed by atoms with Crippen LogP contribution in [0, 0.1) is 5.82 Å². The second-order valence-corrected chi connectivity index (χ2v) is 9.42. The minimum Gasteiger partial charge on any atom is -0.357 e. The highest BCUT2D eigenvalue weighted by Gasteiger charge is 2.34. The minimum atomic E-state index is -0.465. The third-order valence-corrected chi connectivity index (χ3v) is 7.04. The van der Waals surface area contributed by atoms with Crippen molar-refractivity contribution in [2.45, 2.75) is 38.6 Å². The van der Waals surface area contributed by atoms with Gasteiger partial charge in [-0.15, -0.1) is 0 Å². The Bertz CT molecular complexity index is 1320. The molecule has 8 nitrogen and oxygen atoms in total. The number of hydrogen-bond acceptors (Lipinski definition) is 6. The number of anilines is 2. The molecule has 1 atom stereocenters. The number of hydrogen-bond donors (Lipinski definition) is 3. The van der Waals surface area contributed by atoms with Crippen LogP contribution >= 0.6 is 11.6 Å². The van der Waals surface area contributed by atoms with E-state index in [2.05, 4.69) is 42.4 Å². The van der Waals surface area contributed by atoms with E-state index in [-0.39, 0.29) is 22.9 Å². The van der Waals surface area contributed by atoms with E-state index in [9.17, 15) is 4.79 Å². The average molecular weight is 468 g/mol. The minimum absolute atomic E-state index is 0.0804. The molecule has 1 amide bonds. The van der Waals surface area contributed by atoms with Crippen molar-refractivity contribution in [3.8, 4) is 11.3 Å². The Labute approximate surface area is 195 Å². The number of rotatable bonds is 2. The van der Waals surface area contributed by atoms with Crippen LogP contribution in [0.1, 0.15) is 51.3 Å². The summed E-state index contributed by atoms with van der Waals surface area (Å²) in [5, 5.41) is 6.14. The average Bonchev–Trinajstić information content (AvgIpc) is 3.19. The Morgan fingerprint density at radius 3 is 2.88 bits per heavy atom.